The van der Waals surface area contributed by atoms with Gasteiger partial charge in [-0.05, 0) is 31.4 Å². The van der Waals surface area contributed by atoms with Gasteiger partial charge in [0, 0.05) is 18.8 Å². The molecule has 118 valence electrons. The molecule has 0 unspecified atom stereocenters. The third kappa shape index (κ3) is 4.54. The van der Waals surface area contributed by atoms with Crippen LogP contribution in [0.3, 0.4) is 0 Å². The molecule has 0 bridgehead atoms. The van der Waals surface area contributed by atoms with E-state index in [2.05, 4.69) is 50.0 Å². The summed E-state index contributed by atoms with van der Waals surface area (Å²) in [6.45, 7) is 2.67. The lowest BCUT2D eigenvalue weighted by Crippen LogP contribution is -2.07. The Hall–Kier alpha value is -2.89. The number of nitrogens with one attached hydrogen (secondary N) is 2. The minimum absolute atomic E-state index is 0.600. The number of anilines is 3. The highest BCUT2D eigenvalue weighted by molar-refractivity contribution is 5.52. The molecule has 0 spiro atoms. The van der Waals surface area contributed by atoms with Crippen LogP contribution in [0.2, 0.25) is 0 Å². The topological polar surface area (TPSA) is 75.9 Å². The average molecular weight is 309 g/mol. The Kier molecular flexibility index (Phi) is 4.83. The molecule has 6 nitrogen and oxygen atoms in total. The van der Waals surface area contributed by atoms with E-state index >= 15 is 0 Å². The molecule has 3 aromatic rings. The highest BCUT2D eigenvalue weighted by atomic mass is 16.5. The molecule has 0 saturated heterocycles. The number of nitrogens with zero attached hydrogens (tertiary/aromatic N) is 3. The maximum absolute atomic E-state index is 5.02. The van der Waals surface area contributed by atoms with Crippen molar-refractivity contribution in [3.8, 4) is 0 Å². The van der Waals surface area contributed by atoms with Gasteiger partial charge in [0.2, 0.25) is 5.95 Å². The summed E-state index contributed by atoms with van der Waals surface area (Å²) in [5.41, 5.74) is 1.34. The Morgan fingerprint density at radius 3 is 2.74 bits per heavy atom. The smallest absolute Gasteiger partial charge is 0.224 e. The lowest BCUT2D eigenvalue weighted by atomic mass is 10.1. The second kappa shape index (κ2) is 7.40. The zero-order valence-electron chi connectivity index (χ0n) is 13.0. The summed E-state index contributed by atoms with van der Waals surface area (Å²) in [7, 11) is 0. The van der Waals surface area contributed by atoms with Gasteiger partial charge in [-0.15, -0.1) is 0 Å². The van der Waals surface area contributed by atoms with Crippen LogP contribution in [0.4, 0.5) is 17.6 Å². The molecule has 2 heterocycles. The predicted octanol–water partition coefficient (Wildman–Crippen LogP) is 3.56. The van der Waals surface area contributed by atoms with Gasteiger partial charge < -0.3 is 15.2 Å². The summed E-state index contributed by atoms with van der Waals surface area (Å²) in [4.78, 5) is 8.63. The van der Waals surface area contributed by atoms with Crippen LogP contribution in [0.1, 0.15) is 17.7 Å². The molecular weight excluding hydrogens is 290 g/mol. The standard InChI is InChI=1S/C17H19N5O/c1-13-12-16(22-23-13)20-15-9-11-19-17(21-15)18-10-5-8-14-6-3-2-4-7-14/h2-4,6-7,9,11-12H,5,8,10H2,1H3,(H2,18,19,20,21,22). The summed E-state index contributed by atoms with van der Waals surface area (Å²) in [5, 5.41) is 10.2. The van der Waals surface area contributed by atoms with E-state index in [-0.39, 0.29) is 0 Å². The van der Waals surface area contributed by atoms with E-state index in [1.54, 1.807) is 12.3 Å². The Morgan fingerprint density at radius 1 is 1.09 bits per heavy atom. The van der Waals surface area contributed by atoms with Crippen LogP contribution in [-0.2, 0) is 6.42 Å². The molecule has 0 aliphatic carbocycles. The number of aryl methyl sites for hydroxylation is 2. The van der Waals surface area contributed by atoms with Crippen molar-refractivity contribution >= 4 is 17.6 Å². The van der Waals surface area contributed by atoms with Crippen molar-refractivity contribution in [1.82, 2.24) is 15.1 Å². The predicted molar refractivity (Wildman–Crippen MR) is 89.8 cm³/mol. The van der Waals surface area contributed by atoms with E-state index in [0.717, 1.165) is 25.1 Å². The van der Waals surface area contributed by atoms with E-state index in [1.807, 2.05) is 19.1 Å². The SMILES string of the molecule is Cc1cc(Nc2ccnc(NCCCc3ccccc3)n2)no1. The molecule has 2 aromatic heterocycles. The van der Waals surface area contributed by atoms with Crippen LogP contribution in [0, 0.1) is 6.92 Å². The fraction of sp³-hybridized carbons (Fsp3) is 0.235. The fourth-order valence-corrected chi connectivity index (χ4v) is 2.21. The maximum atomic E-state index is 5.02. The third-order valence-corrected chi connectivity index (χ3v) is 3.31. The second-order valence-corrected chi connectivity index (χ2v) is 5.23. The van der Waals surface area contributed by atoms with E-state index in [9.17, 15) is 0 Å². The Morgan fingerprint density at radius 2 is 1.96 bits per heavy atom. The number of rotatable bonds is 7. The first-order valence-corrected chi connectivity index (χ1v) is 7.61. The van der Waals surface area contributed by atoms with Crippen molar-refractivity contribution in [3.05, 3.63) is 60.0 Å². The van der Waals surface area contributed by atoms with Gasteiger partial charge in [0.15, 0.2) is 5.82 Å². The van der Waals surface area contributed by atoms with Gasteiger partial charge in [-0.3, -0.25) is 0 Å². The van der Waals surface area contributed by atoms with Gasteiger partial charge in [-0.25, -0.2) is 4.98 Å². The van der Waals surface area contributed by atoms with Crippen LogP contribution in [0.15, 0.2) is 53.2 Å². The van der Waals surface area contributed by atoms with Crippen LogP contribution >= 0.6 is 0 Å². The number of aromatic nitrogens is 3. The van der Waals surface area contributed by atoms with Crippen molar-refractivity contribution in [2.24, 2.45) is 0 Å². The van der Waals surface area contributed by atoms with Crippen molar-refractivity contribution in [2.45, 2.75) is 19.8 Å². The fourth-order valence-electron chi connectivity index (χ4n) is 2.21. The molecule has 1 aromatic carbocycles. The molecule has 0 radical (unpaired) electrons. The average Bonchev–Trinajstić information content (AvgIpc) is 2.98. The van der Waals surface area contributed by atoms with Crippen molar-refractivity contribution in [3.63, 3.8) is 0 Å². The molecule has 0 aliphatic heterocycles. The lowest BCUT2D eigenvalue weighted by Gasteiger charge is -2.07. The number of hydrogen-bond acceptors (Lipinski definition) is 6. The van der Waals surface area contributed by atoms with Gasteiger partial charge in [0.1, 0.15) is 11.6 Å². The molecule has 0 amide bonds. The second-order valence-electron chi connectivity index (χ2n) is 5.23. The maximum Gasteiger partial charge on any atom is 0.224 e. The molecular formula is C17H19N5O. The van der Waals surface area contributed by atoms with Gasteiger partial charge in [0.25, 0.3) is 0 Å². The number of hydrogen-bond donors (Lipinski definition) is 2. The minimum atomic E-state index is 0.600. The molecule has 0 atom stereocenters. The first kappa shape index (κ1) is 15.0. The normalized spacial score (nSPS) is 10.5. The van der Waals surface area contributed by atoms with Crippen molar-refractivity contribution in [1.29, 1.82) is 0 Å². The first-order chi connectivity index (χ1) is 11.3. The first-order valence-electron chi connectivity index (χ1n) is 7.61. The zero-order chi connectivity index (χ0) is 15.9. The van der Waals surface area contributed by atoms with E-state index in [0.29, 0.717) is 17.6 Å². The summed E-state index contributed by atoms with van der Waals surface area (Å²) in [5.74, 6) is 2.67. The Balaban J connectivity index is 1.49. The van der Waals surface area contributed by atoms with Crippen LogP contribution in [0.5, 0.6) is 0 Å². The van der Waals surface area contributed by atoms with Crippen molar-refractivity contribution in [2.75, 3.05) is 17.2 Å². The molecule has 23 heavy (non-hydrogen) atoms. The summed E-state index contributed by atoms with van der Waals surface area (Å²) in [6, 6.07) is 14.0. The quantitative estimate of drug-likeness (QED) is 0.650. The summed E-state index contributed by atoms with van der Waals surface area (Å²) in [6.07, 6.45) is 3.76. The monoisotopic (exact) mass is 309 g/mol. The summed E-state index contributed by atoms with van der Waals surface area (Å²) >= 11 is 0. The molecule has 0 aliphatic rings. The lowest BCUT2D eigenvalue weighted by molar-refractivity contribution is 0.400. The van der Waals surface area contributed by atoms with Gasteiger partial charge in [-0.2, -0.15) is 4.98 Å². The van der Waals surface area contributed by atoms with Gasteiger partial charge in [0.05, 0.1) is 0 Å². The molecule has 0 fully saturated rings. The highest BCUT2D eigenvalue weighted by Gasteiger charge is 2.03. The Labute approximate surface area is 135 Å². The van der Waals surface area contributed by atoms with Gasteiger partial charge in [-0.1, -0.05) is 35.5 Å². The largest absolute Gasteiger partial charge is 0.360 e. The Bertz CT molecular complexity index is 742. The highest BCUT2D eigenvalue weighted by Crippen LogP contribution is 2.14. The van der Waals surface area contributed by atoms with Crippen LogP contribution < -0.4 is 10.6 Å². The molecule has 2 N–H and O–H groups in total. The van der Waals surface area contributed by atoms with E-state index < -0.39 is 0 Å². The minimum Gasteiger partial charge on any atom is -0.360 e. The third-order valence-electron chi connectivity index (χ3n) is 3.31. The van der Waals surface area contributed by atoms with Crippen LogP contribution in [0.25, 0.3) is 0 Å². The zero-order valence-corrected chi connectivity index (χ0v) is 13.0. The number of benzene rings is 1. The molecule has 0 saturated carbocycles. The van der Waals surface area contributed by atoms with Crippen molar-refractivity contribution < 1.29 is 4.52 Å². The summed E-state index contributed by atoms with van der Waals surface area (Å²) < 4.78 is 5.02. The van der Waals surface area contributed by atoms with Crippen LogP contribution in [-0.4, -0.2) is 21.7 Å². The molecule has 3 rings (SSSR count). The van der Waals surface area contributed by atoms with Gasteiger partial charge >= 0.3 is 0 Å². The van der Waals surface area contributed by atoms with E-state index in [4.69, 9.17) is 4.52 Å². The van der Waals surface area contributed by atoms with E-state index in [1.165, 1.54) is 5.56 Å². The molecule has 6 heteroatoms.